The molecule has 0 aliphatic carbocycles. The minimum atomic E-state index is -0.552. The Morgan fingerprint density at radius 1 is 1.06 bits per heavy atom. The highest BCUT2D eigenvalue weighted by Gasteiger charge is 2.14. The van der Waals surface area contributed by atoms with Gasteiger partial charge in [0.15, 0.2) is 11.5 Å². The van der Waals surface area contributed by atoms with E-state index in [0.29, 0.717) is 42.3 Å². The average Bonchev–Trinajstić information content (AvgIpc) is 2.79. The summed E-state index contributed by atoms with van der Waals surface area (Å²) in [6.45, 7) is 0.195. The molecule has 0 atom stereocenters. The van der Waals surface area contributed by atoms with Crippen LogP contribution in [0.3, 0.4) is 0 Å². The van der Waals surface area contributed by atoms with Crippen LogP contribution in [-0.4, -0.2) is 13.0 Å². The molecule has 0 saturated heterocycles. The van der Waals surface area contributed by atoms with E-state index in [9.17, 15) is 10.1 Å². The third-order valence-electron chi connectivity index (χ3n) is 4.45. The Bertz CT molecular complexity index is 1260. The number of nitriles is 1. The van der Waals surface area contributed by atoms with Crippen molar-refractivity contribution in [3.05, 3.63) is 90.8 Å². The summed E-state index contributed by atoms with van der Waals surface area (Å²) in [5.74, 6) is 0.324. The van der Waals surface area contributed by atoms with Crippen molar-refractivity contribution in [2.24, 2.45) is 0 Å². The summed E-state index contributed by atoms with van der Waals surface area (Å²) in [4.78, 5) is 12.6. The predicted molar refractivity (Wildman–Crippen MR) is 135 cm³/mol. The summed E-state index contributed by atoms with van der Waals surface area (Å²) in [5, 5.41) is 13.7. The number of amides is 1. The topological polar surface area (TPSA) is 71.3 Å². The van der Waals surface area contributed by atoms with E-state index < -0.39 is 5.91 Å². The van der Waals surface area contributed by atoms with Gasteiger partial charge in [-0.1, -0.05) is 56.8 Å². The third kappa shape index (κ3) is 6.66. The van der Waals surface area contributed by atoms with Crippen LogP contribution in [0, 0.1) is 11.3 Å². The van der Waals surface area contributed by atoms with Crippen molar-refractivity contribution in [3.8, 4) is 17.6 Å². The van der Waals surface area contributed by atoms with Gasteiger partial charge in [-0.2, -0.15) is 5.26 Å². The maximum atomic E-state index is 12.6. The Balaban J connectivity index is 1.82. The lowest BCUT2D eigenvalue weighted by molar-refractivity contribution is -0.112. The lowest BCUT2D eigenvalue weighted by atomic mass is 10.1. The molecule has 0 spiro atoms. The second kappa shape index (κ2) is 11.4. The SMILES string of the molecule is COc1cc(/C=C(\C#N)C(=O)Nc2ccc(Cl)cc2)c(Br)cc1OCc1ccc(Cl)cc1Cl. The zero-order valence-corrected chi connectivity index (χ0v) is 21.0. The number of carbonyl (C=O) groups excluding carboxylic acids is 1. The first kappa shape index (κ1) is 24.9. The molecule has 0 aliphatic rings. The molecule has 0 unspecified atom stereocenters. The van der Waals surface area contributed by atoms with Gasteiger partial charge < -0.3 is 14.8 Å². The van der Waals surface area contributed by atoms with Crippen molar-refractivity contribution in [2.45, 2.75) is 6.61 Å². The number of hydrogen-bond donors (Lipinski definition) is 1. The summed E-state index contributed by atoms with van der Waals surface area (Å²) in [6, 6.07) is 17.0. The first-order chi connectivity index (χ1) is 15.8. The molecular weight excluding hydrogens is 551 g/mol. The van der Waals surface area contributed by atoms with Gasteiger partial charge in [-0.25, -0.2) is 0 Å². The van der Waals surface area contributed by atoms with Crippen LogP contribution in [0.1, 0.15) is 11.1 Å². The van der Waals surface area contributed by atoms with Gasteiger partial charge in [0.1, 0.15) is 18.2 Å². The highest BCUT2D eigenvalue weighted by Crippen LogP contribution is 2.35. The number of ether oxygens (including phenoxy) is 2. The first-order valence-corrected chi connectivity index (χ1v) is 11.4. The lowest BCUT2D eigenvalue weighted by Gasteiger charge is -2.14. The number of hydrogen-bond acceptors (Lipinski definition) is 4. The van der Waals surface area contributed by atoms with Gasteiger partial charge >= 0.3 is 0 Å². The molecule has 1 amide bonds. The summed E-state index contributed by atoms with van der Waals surface area (Å²) < 4.78 is 11.9. The minimum Gasteiger partial charge on any atom is -0.493 e. The zero-order valence-electron chi connectivity index (χ0n) is 17.2. The van der Waals surface area contributed by atoms with E-state index in [0.717, 1.165) is 5.56 Å². The molecule has 0 saturated carbocycles. The molecule has 0 bridgehead atoms. The molecule has 168 valence electrons. The Morgan fingerprint density at radius 2 is 1.76 bits per heavy atom. The maximum Gasteiger partial charge on any atom is 0.266 e. The van der Waals surface area contributed by atoms with E-state index in [1.54, 1.807) is 54.6 Å². The van der Waals surface area contributed by atoms with Gasteiger partial charge in [-0.3, -0.25) is 4.79 Å². The lowest BCUT2D eigenvalue weighted by Crippen LogP contribution is -2.13. The van der Waals surface area contributed by atoms with E-state index >= 15 is 0 Å². The number of anilines is 1. The van der Waals surface area contributed by atoms with Crippen molar-refractivity contribution >= 4 is 68.4 Å². The minimum absolute atomic E-state index is 0.0886. The molecule has 0 aromatic heterocycles. The van der Waals surface area contributed by atoms with Crippen LogP contribution in [0.15, 0.2) is 64.6 Å². The number of rotatable bonds is 7. The Kier molecular flexibility index (Phi) is 8.65. The standard InChI is InChI=1S/C24H16BrCl3N2O3/c1-32-22-9-15(8-16(12-29)24(31)30-19-6-4-17(26)5-7-19)20(25)11-23(22)33-13-14-2-3-18(27)10-21(14)28/h2-11H,13H2,1H3,(H,30,31)/b16-8+. The molecule has 0 heterocycles. The molecule has 3 rings (SSSR count). The number of benzene rings is 3. The molecule has 5 nitrogen and oxygen atoms in total. The van der Waals surface area contributed by atoms with Crippen LogP contribution in [0.25, 0.3) is 6.08 Å². The average molecular weight is 567 g/mol. The molecule has 3 aromatic rings. The molecule has 0 fully saturated rings. The van der Waals surface area contributed by atoms with Gasteiger partial charge in [-0.05, 0) is 60.2 Å². The van der Waals surface area contributed by atoms with Gasteiger partial charge in [0.05, 0.1) is 7.11 Å². The maximum absolute atomic E-state index is 12.6. The number of nitrogens with one attached hydrogen (secondary N) is 1. The van der Waals surface area contributed by atoms with E-state index in [1.807, 2.05) is 6.07 Å². The van der Waals surface area contributed by atoms with E-state index in [-0.39, 0.29) is 12.2 Å². The molecule has 33 heavy (non-hydrogen) atoms. The van der Waals surface area contributed by atoms with Crippen LogP contribution in [0.2, 0.25) is 15.1 Å². The fourth-order valence-corrected chi connectivity index (χ4v) is 3.79. The Labute approximate surface area is 214 Å². The molecule has 0 radical (unpaired) electrons. The smallest absolute Gasteiger partial charge is 0.266 e. The van der Waals surface area contributed by atoms with Crippen LogP contribution < -0.4 is 14.8 Å². The quantitative estimate of drug-likeness (QED) is 0.237. The predicted octanol–water partition coefficient (Wildman–Crippen LogP) is 7.54. The van der Waals surface area contributed by atoms with Gasteiger partial charge in [-0.15, -0.1) is 0 Å². The van der Waals surface area contributed by atoms with E-state index in [1.165, 1.54) is 13.2 Å². The molecule has 1 N–H and O–H groups in total. The first-order valence-electron chi connectivity index (χ1n) is 9.43. The van der Waals surface area contributed by atoms with Crippen molar-refractivity contribution < 1.29 is 14.3 Å². The Hall–Kier alpha value is -2.69. The zero-order chi connectivity index (χ0) is 24.0. The van der Waals surface area contributed by atoms with Crippen LogP contribution in [0.5, 0.6) is 11.5 Å². The fraction of sp³-hybridized carbons (Fsp3) is 0.0833. The van der Waals surface area contributed by atoms with Gasteiger partial charge in [0, 0.05) is 30.8 Å². The second-order valence-corrected chi connectivity index (χ2v) is 8.81. The molecule has 3 aromatic carbocycles. The molecular formula is C24H16BrCl3N2O3. The number of nitrogens with zero attached hydrogens (tertiary/aromatic N) is 1. The third-order valence-corrected chi connectivity index (χ3v) is 5.97. The summed E-state index contributed by atoms with van der Waals surface area (Å²) in [7, 11) is 1.50. The monoisotopic (exact) mass is 564 g/mol. The number of carbonyl (C=O) groups is 1. The summed E-state index contributed by atoms with van der Waals surface area (Å²) >= 11 is 21.5. The van der Waals surface area contributed by atoms with Crippen LogP contribution in [-0.2, 0) is 11.4 Å². The van der Waals surface area contributed by atoms with Crippen molar-refractivity contribution in [1.82, 2.24) is 0 Å². The van der Waals surface area contributed by atoms with E-state index in [4.69, 9.17) is 44.3 Å². The van der Waals surface area contributed by atoms with Gasteiger partial charge in [0.2, 0.25) is 0 Å². The number of methoxy groups -OCH3 is 1. The number of halogens is 4. The second-order valence-electron chi connectivity index (χ2n) is 6.68. The Morgan fingerprint density at radius 3 is 2.39 bits per heavy atom. The summed E-state index contributed by atoms with van der Waals surface area (Å²) in [5.41, 5.74) is 1.75. The normalized spacial score (nSPS) is 11.0. The fourth-order valence-electron chi connectivity index (χ4n) is 2.76. The van der Waals surface area contributed by atoms with Crippen LogP contribution in [0.4, 0.5) is 5.69 Å². The van der Waals surface area contributed by atoms with Crippen molar-refractivity contribution in [1.29, 1.82) is 5.26 Å². The van der Waals surface area contributed by atoms with Gasteiger partial charge in [0.25, 0.3) is 5.91 Å². The highest BCUT2D eigenvalue weighted by atomic mass is 79.9. The van der Waals surface area contributed by atoms with Crippen LogP contribution >= 0.6 is 50.7 Å². The molecule has 0 aliphatic heterocycles. The largest absolute Gasteiger partial charge is 0.493 e. The highest BCUT2D eigenvalue weighted by molar-refractivity contribution is 9.10. The van der Waals surface area contributed by atoms with Crippen molar-refractivity contribution in [2.75, 3.05) is 12.4 Å². The van der Waals surface area contributed by atoms with E-state index in [2.05, 4.69) is 21.2 Å². The van der Waals surface area contributed by atoms with Crippen molar-refractivity contribution in [3.63, 3.8) is 0 Å². The molecule has 9 heteroatoms. The summed E-state index contributed by atoms with van der Waals surface area (Å²) in [6.07, 6.45) is 1.46.